The highest BCUT2D eigenvalue weighted by molar-refractivity contribution is 7.80. The standard InChI is InChI=1S/C7H9N3S2/c1-5-2-3-6(12-5)4-9-10-7(8)11/h2-4H,1H3,(H3,8,10,11)/b9-4+. The number of nitrogens with two attached hydrogens (primary N) is 1. The second-order valence-corrected chi connectivity index (χ2v) is 3.94. The van der Waals surface area contributed by atoms with Crippen molar-refractivity contribution in [1.29, 1.82) is 0 Å². The van der Waals surface area contributed by atoms with Gasteiger partial charge in [0, 0.05) is 9.75 Å². The summed E-state index contributed by atoms with van der Waals surface area (Å²) in [6.07, 6.45) is 1.69. The van der Waals surface area contributed by atoms with Crippen LogP contribution in [0.25, 0.3) is 0 Å². The molecular weight excluding hydrogens is 190 g/mol. The number of hydrazone groups is 1. The molecule has 0 saturated carbocycles. The molecule has 0 aliphatic heterocycles. The Morgan fingerprint density at radius 1 is 1.75 bits per heavy atom. The van der Waals surface area contributed by atoms with Gasteiger partial charge in [-0.3, -0.25) is 5.43 Å². The first-order valence-corrected chi connectivity index (χ1v) is 4.56. The molecular formula is C7H9N3S2. The van der Waals surface area contributed by atoms with Gasteiger partial charge in [-0.25, -0.2) is 0 Å². The van der Waals surface area contributed by atoms with Crippen LogP contribution < -0.4 is 11.2 Å². The molecule has 3 N–H and O–H groups in total. The number of nitrogens with zero attached hydrogens (tertiary/aromatic N) is 1. The van der Waals surface area contributed by atoms with E-state index < -0.39 is 0 Å². The van der Waals surface area contributed by atoms with E-state index in [-0.39, 0.29) is 5.11 Å². The minimum atomic E-state index is 0.180. The lowest BCUT2D eigenvalue weighted by Crippen LogP contribution is -2.23. The van der Waals surface area contributed by atoms with Gasteiger partial charge in [-0.15, -0.1) is 11.3 Å². The molecule has 0 aliphatic rings. The number of aryl methyl sites for hydroxylation is 1. The highest BCUT2D eigenvalue weighted by Gasteiger charge is 1.90. The van der Waals surface area contributed by atoms with E-state index in [4.69, 9.17) is 5.73 Å². The number of nitrogens with one attached hydrogen (secondary N) is 1. The first kappa shape index (κ1) is 9.15. The first-order chi connectivity index (χ1) is 5.68. The first-order valence-electron chi connectivity index (χ1n) is 3.33. The van der Waals surface area contributed by atoms with Crippen LogP contribution in [0.15, 0.2) is 17.2 Å². The fraction of sp³-hybridized carbons (Fsp3) is 0.143. The van der Waals surface area contributed by atoms with Crippen molar-refractivity contribution in [2.75, 3.05) is 0 Å². The van der Waals surface area contributed by atoms with Crippen molar-refractivity contribution in [3.63, 3.8) is 0 Å². The second-order valence-electron chi connectivity index (χ2n) is 2.18. The number of thiocarbonyl (C=S) groups is 1. The quantitative estimate of drug-likeness (QED) is 0.428. The Morgan fingerprint density at radius 3 is 3.00 bits per heavy atom. The van der Waals surface area contributed by atoms with Crippen LogP contribution in [0.2, 0.25) is 0 Å². The van der Waals surface area contributed by atoms with Crippen molar-refractivity contribution in [1.82, 2.24) is 5.43 Å². The van der Waals surface area contributed by atoms with Crippen LogP contribution in [0.3, 0.4) is 0 Å². The summed E-state index contributed by atoms with van der Waals surface area (Å²) in [4.78, 5) is 2.34. The van der Waals surface area contributed by atoms with E-state index in [1.54, 1.807) is 17.6 Å². The molecule has 0 aliphatic carbocycles. The smallest absolute Gasteiger partial charge is 0.184 e. The fourth-order valence-electron chi connectivity index (χ4n) is 0.682. The van der Waals surface area contributed by atoms with Crippen LogP contribution in [-0.4, -0.2) is 11.3 Å². The van der Waals surface area contributed by atoms with Crippen LogP contribution in [0.4, 0.5) is 0 Å². The molecule has 0 radical (unpaired) electrons. The lowest BCUT2D eigenvalue weighted by molar-refractivity contribution is 1.04. The molecule has 0 spiro atoms. The lowest BCUT2D eigenvalue weighted by atomic mass is 10.4. The zero-order chi connectivity index (χ0) is 8.97. The number of rotatable bonds is 2. The van der Waals surface area contributed by atoms with E-state index in [9.17, 15) is 0 Å². The highest BCUT2D eigenvalue weighted by atomic mass is 32.1. The minimum Gasteiger partial charge on any atom is -0.375 e. The van der Waals surface area contributed by atoms with Crippen LogP contribution >= 0.6 is 23.6 Å². The molecule has 12 heavy (non-hydrogen) atoms. The summed E-state index contributed by atoms with van der Waals surface area (Å²) in [6, 6.07) is 4.03. The van der Waals surface area contributed by atoms with E-state index in [1.165, 1.54) is 4.88 Å². The van der Waals surface area contributed by atoms with E-state index >= 15 is 0 Å². The summed E-state index contributed by atoms with van der Waals surface area (Å²) in [5.41, 5.74) is 7.66. The molecule has 0 unspecified atom stereocenters. The third kappa shape index (κ3) is 2.98. The molecule has 0 atom stereocenters. The Kier molecular flexibility index (Phi) is 3.19. The van der Waals surface area contributed by atoms with Gasteiger partial charge in [0.05, 0.1) is 6.21 Å². The summed E-state index contributed by atoms with van der Waals surface area (Å²) in [6.45, 7) is 2.04. The van der Waals surface area contributed by atoms with Gasteiger partial charge in [-0.05, 0) is 31.3 Å². The molecule has 1 aromatic heterocycles. The number of thiophene rings is 1. The van der Waals surface area contributed by atoms with Gasteiger partial charge in [0.2, 0.25) is 0 Å². The summed E-state index contributed by atoms with van der Waals surface area (Å²) in [5.74, 6) is 0. The molecule has 3 nitrogen and oxygen atoms in total. The molecule has 0 bridgehead atoms. The number of hydrogen-bond acceptors (Lipinski definition) is 3. The van der Waals surface area contributed by atoms with Gasteiger partial charge in [-0.1, -0.05) is 0 Å². The average molecular weight is 199 g/mol. The molecule has 1 rings (SSSR count). The molecule has 0 fully saturated rings. The Morgan fingerprint density at radius 2 is 2.50 bits per heavy atom. The molecule has 1 heterocycles. The van der Waals surface area contributed by atoms with Crippen molar-refractivity contribution in [3.05, 3.63) is 21.9 Å². The molecule has 1 aromatic rings. The van der Waals surface area contributed by atoms with Gasteiger partial charge >= 0.3 is 0 Å². The van der Waals surface area contributed by atoms with E-state index in [2.05, 4.69) is 22.7 Å². The second kappa shape index (κ2) is 4.18. The molecule has 64 valence electrons. The van der Waals surface area contributed by atoms with E-state index in [1.807, 2.05) is 19.1 Å². The summed E-state index contributed by atoms with van der Waals surface area (Å²) in [5, 5.41) is 4.00. The number of hydrogen-bond donors (Lipinski definition) is 2. The topological polar surface area (TPSA) is 50.4 Å². The Bertz CT molecular complexity index is 303. The monoisotopic (exact) mass is 199 g/mol. The Labute approximate surface area is 80.3 Å². The van der Waals surface area contributed by atoms with Gasteiger partial charge in [0.15, 0.2) is 5.11 Å². The largest absolute Gasteiger partial charge is 0.375 e. The Balaban J connectivity index is 2.52. The van der Waals surface area contributed by atoms with Crippen molar-refractivity contribution in [2.45, 2.75) is 6.92 Å². The molecule has 0 amide bonds. The average Bonchev–Trinajstić information content (AvgIpc) is 2.35. The maximum absolute atomic E-state index is 5.17. The SMILES string of the molecule is Cc1ccc(/C=N/NC(N)=S)s1. The van der Waals surface area contributed by atoms with Crippen molar-refractivity contribution in [2.24, 2.45) is 10.8 Å². The van der Waals surface area contributed by atoms with Crippen LogP contribution in [-0.2, 0) is 0 Å². The summed E-state index contributed by atoms with van der Waals surface area (Å²) >= 11 is 6.24. The van der Waals surface area contributed by atoms with Crippen LogP contribution in [0, 0.1) is 6.92 Å². The minimum absolute atomic E-state index is 0.180. The van der Waals surface area contributed by atoms with Crippen LogP contribution in [0.5, 0.6) is 0 Å². The lowest BCUT2D eigenvalue weighted by Gasteiger charge is -1.91. The molecule has 0 aromatic carbocycles. The normalized spacial score (nSPS) is 10.4. The molecule has 0 saturated heterocycles. The summed E-state index contributed by atoms with van der Waals surface area (Å²) < 4.78 is 0. The van der Waals surface area contributed by atoms with E-state index in [0.717, 1.165) is 4.88 Å². The molecule has 5 heteroatoms. The fourth-order valence-corrected chi connectivity index (χ4v) is 1.48. The van der Waals surface area contributed by atoms with Crippen molar-refractivity contribution >= 4 is 34.9 Å². The third-order valence-corrected chi connectivity index (χ3v) is 2.15. The maximum atomic E-state index is 5.17. The van der Waals surface area contributed by atoms with Gasteiger partial charge in [-0.2, -0.15) is 5.10 Å². The van der Waals surface area contributed by atoms with Gasteiger partial charge < -0.3 is 5.73 Å². The van der Waals surface area contributed by atoms with Crippen molar-refractivity contribution < 1.29 is 0 Å². The predicted octanol–water partition coefficient (Wildman–Crippen LogP) is 1.22. The van der Waals surface area contributed by atoms with Gasteiger partial charge in [0.25, 0.3) is 0 Å². The predicted molar refractivity (Wildman–Crippen MR) is 56.6 cm³/mol. The highest BCUT2D eigenvalue weighted by Crippen LogP contribution is 2.11. The third-order valence-electron chi connectivity index (χ3n) is 1.13. The zero-order valence-corrected chi connectivity index (χ0v) is 8.21. The summed E-state index contributed by atoms with van der Waals surface area (Å²) in [7, 11) is 0. The maximum Gasteiger partial charge on any atom is 0.184 e. The van der Waals surface area contributed by atoms with Gasteiger partial charge in [0.1, 0.15) is 0 Å². The van der Waals surface area contributed by atoms with Crippen molar-refractivity contribution in [3.8, 4) is 0 Å². The zero-order valence-electron chi connectivity index (χ0n) is 6.57. The Hall–Kier alpha value is -0.940. The van der Waals surface area contributed by atoms with Crippen LogP contribution in [0.1, 0.15) is 9.75 Å². The van der Waals surface area contributed by atoms with E-state index in [0.29, 0.717) is 0 Å².